The summed E-state index contributed by atoms with van der Waals surface area (Å²) in [5.74, 6) is -0.293. The predicted octanol–water partition coefficient (Wildman–Crippen LogP) is 2.90. The summed E-state index contributed by atoms with van der Waals surface area (Å²) in [6.45, 7) is 2.01. The maximum absolute atomic E-state index is 12.8. The Kier molecular flexibility index (Phi) is 6.18. The smallest absolute Gasteiger partial charge is 0.252 e. The summed E-state index contributed by atoms with van der Waals surface area (Å²) in [6.07, 6.45) is 3.36. The Hall–Kier alpha value is -3.03. The highest BCUT2D eigenvalue weighted by molar-refractivity contribution is 7.89. The van der Waals surface area contributed by atoms with Crippen LogP contribution in [-0.4, -0.2) is 25.9 Å². The van der Waals surface area contributed by atoms with Gasteiger partial charge in [0.15, 0.2) is 0 Å². The molecule has 3 rings (SSSR count). The molecule has 2 N–H and O–H groups in total. The number of sulfonamides is 1. The highest BCUT2D eigenvalue weighted by atomic mass is 32.2. The van der Waals surface area contributed by atoms with Crippen molar-refractivity contribution in [1.29, 1.82) is 0 Å². The van der Waals surface area contributed by atoms with E-state index in [1.54, 1.807) is 19.3 Å². The van der Waals surface area contributed by atoms with Gasteiger partial charge >= 0.3 is 0 Å². The number of benzene rings is 2. The topological polar surface area (TPSA) is 88.2 Å². The van der Waals surface area contributed by atoms with Crippen LogP contribution in [0.3, 0.4) is 0 Å². The van der Waals surface area contributed by atoms with E-state index in [0.717, 1.165) is 11.1 Å². The van der Waals surface area contributed by atoms with Crippen molar-refractivity contribution in [3.8, 4) is 0 Å². The standard InChI is InChI=1S/C21H21N3O3S/c1-2-23-28(26,27)19-10-8-18(9-11-19)21(25)24-20(16-6-4-3-5-7-16)17-12-14-22-15-13-17/h3-15,20,23H,2H2,1H3,(H,24,25). The van der Waals surface area contributed by atoms with Gasteiger partial charge in [0, 0.05) is 24.5 Å². The molecule has 6 nitrogen and oxygen atoms in total. The average Bonchev–Trinajstić information content (AvgIpc) is 2.73. The van der Waals surface area contributed by atoms with Crippen molar-refractivity contribution in [2.45, 2.75) is 17.9 Å². The van der Waals surface area contributed by atoms with Crippen molar-refractivity contribution >= 4 is 15.9 Å². The van der Waals surface area contributed by atoms with Gasteiger partial charge in [-0.15, -0.1) is 0 Å². The summed E-state index contributed by atoms with van der Waals surface area (Å²) >= 11 is 0. The Morgan fingerprint density at radius 3 is 2.14 bits per heavy atom. The quantitative estimate of drug-likeness (QED) is 0.644. The van der Waals surface area contributed by atoms with Crippen LogP contribution in [0.4, 0.5) is 0 Å². The second kappa shape index (κ2) is 8.77. The molecule has 0 saturated carbocycles. The van der Waals surface area contributed by atoms with Crippen molar-refractivity contribution in [2.24, 2.45) is 0 Å². The van der Waals surface area contributed by atoms with Gasteiger partial charge < -0.3 is 5.32 Å². The zero-order chi connectivity index (χ0) is 20.0. The number of nitrogens with one attached hydrogen (secondary N) is 2. The predicted molar refractivity (Wildman–Crippen MR) is 107 cm³/mol. The number of pyridine rings is 1. The molecule has 7 heteroatoms. The zero-order valence-corrected chi connectivity index (χ0v) is 16.2. The van der Waals surface area contributed by atoms with Gasteiger partial charge in [-0.05, 0) is 47.5 Å². The third kappa shape index (κ3) is 4.62. The third-order valence-corrected chi connectivity index (χ3v) is 5.77. The molecule has 1 atom stereocenters. The summed E-state index contributed by atoms with van der Waals surface area (Å²) in [7, 11) is -3.55. The van der Waals surface area contributed by atoms with Gasteiger partial charge in [-0.3, -0.25) is 9.78 Å². The van der Waals surface area contributed by atoms with Crippen molar-refractivity contribution in [1.82, 2.24) is 15.0 Å². The van der Waals surface area contributed by atoms with Crippen LogP contribution in [0.15, 0.2) is 84.0 Å². The maximum Gasteiger partial charge on any atom is 0.252 e. The minimum Gasteiger partial charge on any atom is -0.341 e. The summed E-state index contributed by atoms with van der Waals surface area (Å²) in [5, 5.41) is 3.02. The molecule has 2 aromatic carbocycles. The molecule has 1 aromatic heterocycles. The van der Waals surface area contributed by atoms with E-state index in [-0.39, 0.29) is 16.8 Å². The van der Waals surface area contributed by atoms with E-state index in [4.69, 9.17) is 0 Å². The maximum atomic E-state index is 12.8. The van der Waals surface area contributed by atoms with Crippen molar-refractivity contribution in [2.75, 3.05) is 6.54 Å². The van der Waals surface area contributed by atoms with Crippen LogP contribution >= 0.6 is 0 Å². The number of amides is 1. The molecule has 0 fully saturated rings. The molecule has 3 aromatic rings. The van der Waals surface area contributed by atoms with E-state index < -0.39 is 10.0 Å². The average molecular weight is 395 g/mol. The molecule has 1 amide bonds. The fourth-order valence-electron chi connectivity index (χ4n) is 2.83. The third-order valence-electron chi connectivity index (χ3n) is 4.21. The summed E-state index contributed by atoms with van der Waals surface area (Å²) in [4.78, 5) is 17.0. The van der Waals surface area contributed by atoms with Crippen LogP contribution in [0.2, 0.25) is 0 Å². The number of rotatable bonds is 7. The lowest BCUT2D eigenvalue weighted by Gasteiger charge is -2.20. The first-order valence-electron chi connectivity index (χ1n) is 8.86. The summed E-state index contributed by atoms with van der Waals surface area (Å²) in [6, 6.07) is 18.9. The molecule has 0 radical (unpaired) electrons. The van der Waals surface area contributed by atoms with Crippen molar-refractivity contribution in [3.63, 3.8) is 0 Å². The lowest BCUT2D eigenvalue weighted by Crippen LogP contribution is -2.29. The zero-order valence-electron chi connectivity index (χ0n) is 15.4. The highest BCUT2D eigenvalue weighted by Crippen LogP contribution is 2.22. The van der Waals surface area contributed by atoms with Crippen LogP contribution in [-0.2, 0) is 10.0 Å². The van der Waals surface area contributed by atoms with Gasteiger partial charge in [0.2, 0.25) is 10.0 Å². The first-order valence-corrected chi connectivity index (χ1v) is 10.3. The van der Waals surface area contributed by atoms with E-state index in [1.807, 2.05) is 42.5 Å². The molecule has 144 valence electrons. The van der Waals surface area contributed by atoms with Crippen molar-refractivity contribution < 1.29 is 13.2 Å². The normalized spacial score (nSPS) is 12.3. The lowest BCUT2D eigenvalue weighted by molar-refractivity contribution is 0.0943. The van der Waals surface area contributed by atoms with Gasteiger partial charge in [0.05, 0.1) is 10.9 Å². The Balaban J connectivity index is 1.85. The summed E-state index contributed by atoms with van der Waals surface area (Å²) < 4.78 is 26.5. The number of hydrogen-bond donors (Lipinski definition) is 2. The lowest BCUT2D eigenvalue weighted by atomic mass is 9.99. The van der Waals surface area contributed by atoms with E-state index in [1.165, 1.54) is 24.3 Å². The van der Waals surface area contributed by atoms with Crippen LogP contribution in [0.1, 0.15) is 34.5 Å². The molecule has 0 aliphatic heterocycles. The van der Waals surface area contributed by atoms with Gasteiger partial charge in [0.25, 0.3) is 5.91 Å². The van der Waals surface area contributed by atoms with Gasteiger partial charge in [-0.25, -0.2) is 13.1 Å². The first kappa shape index (κ1) is 19.7. The van der Waals surface area contributed by atoms with Gasteiger partial charge in [-0.2, -0.15) is 0 Å². The molecule has 0 aliphatic carbocycles. The second-order valence-electron chi connectivity index (χ2n) is 6.12. The van der Waals surface area contributed by atoms with E-state index in [9.17, 15) is 13.2 Å². The minimum absolute atomic E-state index is 0.125. The summed E-state index contributed by atoms with van der Waals surface area (Å²) in [5.41, 5.74) is 2.22. The van der Waals surface area contributed by atoms with Gasteiger partial charge in [-0.1, -0.05) is 37.3 Å². The molecule has 0 aliphatic rings. The molecule has 1 heterocycles. The van der Waals surface area contributed by atoms with Crippen molar-refractivity contribution in [3.05, 3.63) is 95.8 Å². The molecule has 0 bridgehead atoms. The van der Waals surface area contributed by atoms with E-state index >= 15 is 0 Å². The Morgan fingerprint density at radius 1 is 0.929 bits per heavy atom. The molecular formula is C21H21N3O3S. The largest absolute Gasteiger partial charge is 0.341 e. The number of carbonyl (C=O) groups excluding carboxylic acids is 1. The Morgan fingerprint density at radius 2 is 1.54 bits per heavy atom. The molecule has 0 spiro atoms. The van der Waals surface area contributed by atoms with E-state index in [0.29, 0.717) is 12.1 Å². The molecular weight excluding hydrogens is 374 g/mol. The van der Waals surface area contributed by atoms with Crippen LogP contribution < -0.4 is 10.0 Å². The highest BCUT2D eigenvalue weighted by Gasteiger charge is 2.19. The second-order valence-corrected chi connectivity index (χ2v) is 7.89. The monoisotopic (exact) mass is 395 g/mol. The number of aromatic nitrogens is 1. The SMILES string of the molecule is CCNS(=O)(=O)c1ccc(C(=O)NC(c2ccccc2)c2ccncc2)cc1. The van der Waals surface area contributed by atoms with Crippen LogP contribution in [0, 0.1) is 0 Å². The minimum atomic E-state index is -3.55. The fraction of sp³-hybridized carbons (Fsp3) is 0.143. The molecule has 0 saturated heterocycles. The van der Waals surface area contributed by atoms with Crippen LogP contribution in [0.5, 0.6) is 0 Å². The fourth-order valence-corrected chi connectivity index (χ4v) is 3.87. The first-order chi connectivity index (χ1) is 13.5. The van der Waals surface area contributed by atoms with Crippen LogP contribution in [0.25, 0.3) is 0 Å². The molecule has 28 heavy (non-hydrogen) atoms. The molecule has 1 unspecified atom stereocenters. The number of hydrogen-bond acceptors (Lipinski definition) is 4. The Labute approximate surface area is 164 Å². The number of carbonyl (C=O) groups is 1. The Bertz CT molecular complexity index is 982. The van der Waals surface area contributed by atoms with E-state index in [2.05, 4.69) is 15.0 Å². The number of nitrogens with zero attached hydrogens (tertiary/aromatic N) is 1. The van der Waals surface area contributed by atoms with Gasteiger partial charge in [0.1, 0.15) is 0 Å².